The maximum absolute atomic E-state index is 13.0. The zero-order valence-corrected chi connectivity index (χ0v) is 14.6. The lowest BCUT2D eigenvalue weighted by Crippen LogP contribution is -2.53. The van der Waals surface area contributed by atoms with E-state index in [0.29, 0.717) is 19.6 Å². The molecule has 4 rings (SSSR count). The summed E-state index contributed by atoms with van der Waals surface area (Å²) in [4.78, 5) is 18.1. The van der Waals surface area contributed by atoms with E-state index >= 15 is 0 Å². The summed E-state index contributed by atoms with van der Waals surface area (Å²) in [5, 5.41) is 14.6. The molecule has 0 saturated carbocycles. The monoisotopic (exact) mass is 334 g/mol. The number of aromatic nitrogens is 1. The molecule has 1 unspecified atom stereocenters. The average Bonchev–Trinajstić information content (AvgIpc) is 3.07. The van der Waals surface area contributed by atoms with Crippen LogP contribution in [0.1, 0.15) is 25.0 Å². The Morgan fingerprint density at radius 2 is 2.20 bits per heavy atom. The van der Waals surface area contributed by atoms with Gasteiger partial charge in [0.1, 0.15) is 0 Å². The number of nitriles is 1. The largest absolute Gasteiger partial charge is 0.361 e. The molecule has 2 N–H and O–H groups in total. The Morgan fingerprint density at radius 1 is 1.40 bits per heavy atom. The first kappa shape index (κ1) is 15.9. The van der Waals surface area contributed by atoms with E-state index < -0.39 is 5.41 Å². The molecule has 0 bridgehead atoms. The maximum Gasteiger partial charge on any atom is 0.248 e. The second kappa shape index (κ2) is 5.75. The number of nitrogens with zero attached hydrogens (tertiary/aromatic N) is 2. The van der Waals surface area contributed by atoms with Crippen molar-refractivity contribution < 1.29 is 4.79 Å². The van der Waals surface area contributed by atoms with E-state index in [1.54, 1.807) is 4.90 Å². The van der Waals surface area contributed by atoms with Gasteiger partial charge in [0, 0.05) is 42.8 Å². The number of H-pyrrole nitrogens is 1. The molecule has 25 heavy (non-hydrogen) atoms. The van der Waals surface area contributed by atoms with Gasteiger partial charge in [-0.25, -0.2) is 0 Å². The van der Waals surface area contributed by atoms with E-state index in [2.05, 4.69) is 34.7 Å². The molecule has 5 nitrogen and oxygen atoms in total. The van der Waals surface area contributed by atoms with Crippen LogP contribution in [-0.2, 0) is 11.2 Å². The number of amides is 1. The quantitative estimate of drug-likeness (QED) is 0.906. The van der Waals surface area contributed by atoms with Crippen molar-refractivity contribution in [3.63, 3.8) is 0 Å². The predicted octanol–water partition coefficient (Wildman–Crippen LogP) is 2.46. The van der Waals surface area contributed by atoms with E-state index in [1.165, 1.54) is 10.9 Å². The number of aromatic amines is 1. The van der Waals surface area contributed by atoms with E-state index in [0.717, 1.165) is 23.1 Å². The number of nitrogens with one attached hydrogen (secondary N) is 2. The van der Waals surface area contributed by atoms with Gasteiger partial charge < -0.3 is 15.2 Å². The van der Waals surface area contributed by atoms with Crippen LogP contribution in [-0.4, -0.2) is 41.5 Å². The zero-order valence-electron chi connectivity index (χ0n) is 14.6. The summed E-state index contributed by atoms with van der Waals surface area (Å²) in [5.41, 5.74) is 3.47. The standard InChI is InChI=1S/C20H22N4O/c1-3-24(4-2)19(25)20(11-21)9-15-14-6-5-7-16-18(14)13(10-22-16)8-17(15)23-12-20/h5-7,9-10,17,22-23H,3-4,8,12H2,1-2H3/t17-,20?/m1/s1. The highest BCUT2D eigenvalue weighted by Crippen LogP contribution is 2.41. The van der Waals surface area contributed by atoms with Crippen LogP contribution in [0.15, 0.2) is 30.5 Å². The van der Waals surface area contributed by atoms with Crippen molar-refractivity contribution in [1.82, 2.24) is 15.2 Å². The predicted molar refractivity (Wildman–Crippen MR) is 97.7 cm³/mol. The van der Waals surface area contributed by atoms with Gasteiger partial charge in [-0.2, -0.15) is 5.26 Å². The molecule has 1 aromatic carbocycles. The molecule has 1 aliphatic heterocycles. The molecule has 0 radical (unpaired) electrons. The number of carbonyl (C=O) groups excluding carboxylic acids is 1. The highest BCUT2D eigenvalue weighted by Gasteiger charge is 2.44. The normalized spacial score (nSPS) is 24.4. The minimum Gasteiger partial charge on any atom is -0.361 e. The first-order valence-electron chi connectivity index (χ1n) is 8.89. The SMILES string of the molecule is CCN(CC)C(=O)C1(C#N)C=C2c3cccc4[nH]cc(c34)C[C@H]2NC1. The van der Waals surface area contributed by atoms with Crippen molar-refractivity contribution in [3.05, 3.63) is 41.6 Å². The minimum atomic E-state index is -1.13. The van der Waals surface area contributed by atoms with Gasteiger partial charge >= 0.3 is 0 Å². The summed E-state index contributed by atoms with van der Waals surface area (Å²) in [7, 11) is 0. The number of hydrogen-bond acceptors (Lipinski definition) is 3. The Labute approximate surface area is 147 Å². The molecule has 1 aromatic heterocycles. The summed E-state index contributed by atoms with van der Waals surface area (Å²) in [6.07, 6.45) is 4.88. The van der Waals surface area contributed by atoms with Gasteiger partial charge in [0.15, 0.2) is 5.41 Å². The molecule has 0 fully saturated rings. The van der Waals surface area contributed by atoms with Gasteiger partial charge in [0.05, 0.1) is 6.07 Å². The lowest BCUT2D eigenvalue weighted by molar-refractivity contribution is -0.136. The molecule has 2 heterocycles. The van der Waals surface area contributed by atoms with Gasteiger partial charge in [-0.15, -0.1) is 0 Å². The van der Waals surface area contributed by atoms with Crippen molar-refractivity contribution >= 4 is 22.4 Å². The van der Waals surface area contributed by atoms with E-state index in [-0.39, 0.29) is 11.9 Å². The summed E-state index contributed by atoms with van der Waals surface area (Å²) in [5.74, 6) is -0.106. The van der Waals surface area contributed by atoms with Gasteiger partial charge in [-0.1, -0.05) is 12.1 Å². The van der Waals surface area contributed by atoms with Crippen molar-refractivity contribution in [2.24, 2.45) is 5.41 Å². The second-order valence-corrected chi connectivity index (χ2v) is 6.84. The zero-order chi connectivity index (χ0) is 17.6. The lowest BCUT2D eigenvalue weighted by atomic mass is 9.75. The Morgan fingerprint density at radius 3 is 2.92 bits per heavy atom. The fourth-order valence-electron chi connectivity index (χ4n) is 4.19. The van der Waals surface area contributed by atoms with Gasteiger partial charge in [0.25, 0.3) is 0 Å². The van der Waals surface area contributed by atoms with Crippen molar-refractivity contribution in [2.45, 2.75) is 26.3 Å². The molecule has 2 aromatic rings. The summed E-state index contributed by atoms with van der Waals surface area (Å²) < 4.78 is 0. The molecular weight excluding hydrogens is 312 g/mol. The van der Waals surface area contributed by atoms with Crippen LogP contribution in [0.4, 0.5) is 0 Å². The molecule has 2 aliphatic rings. The molecular formula is C20H22N4O. The number of rotatable bonds is 3. The van der Waals surface area contributed by atoms with Crippen LogP contribution in [0.25, 0.3) is 16.5 Å². The topological polar surface area (TPSA) is 71.9 Å². The molecule has 128 valence electrons. The molecule has 1 aliphatic carbocycles. The Bertz CT molecular complexity index is 915. The molecule has 0 saturated heterocycles. The molecule has 1 amide bonds. The first-order valence-corrected chi connectivity index (χ1v) is 8.89. The van der Waals surface area contributed by atoms with Crippen LogP contribution in [0.2, 0.25) is 0 Å². The third-order valence-electron chi connectivity index (χ3n) is 5.56. The number of hydrogen-bond donors (Lipinski definition) is 2. The summed E-state index contributed by atoms with van der Waals surface area (Å²) >= 11 is 0. The third-order valence-corrected chi connectivity index (χ3v) is 5.56. The van der Waals surface area contributed by atoms with Crippen LogP contribution in [0.3, 0.4) is 0 Å². The second-order valence-electron chi connectivity index (χ2n) is 6.84. The summed E-state index contributed by atoms with van der Waals surface area (Å²) in [6.45, 7) is 5.49. The van der Waals surface area contributed by atoms with Crippen LogP contribution in [0, 0.1) is 16.7 Å². The Balaban J connectivity index is 1.87. The first-order chi connectivity index (χ1) is 12.1. The van der Waals surface area contributed by atoms with Gasteiger partial charge in [-0.3, -0.25) is 4.79 Å². The average molecular weight is 334 g/mol. The van der Waals surface area contributed by atoms with Crippen LogP contribution >= 0.6 is 0 Å². The summed E-state index contributed by atoms with van der Waals surface area (Å²) in [6, 6.07) is 8.65. The van der Waals surface area contributed by atoms with Crippen LogP contribution < -0.4 is 5.32 Å². The highest BCUT2D eigenvalue weighted by atomic mass is 16.2. The van der Waals surface area contributed by atoms with Gasteiger partial charge in [-0.05, 0) is 49.1 Å². The fourth-order valence-corrected chi connectivity index (χ4v) is 4.19. The van der Waals surface area contributed by atoms with E-state index in [9.17, 15) is 10.1 Å². The highest BCUT2D eigenvalue weighted by molar-refractivity contribution is 6.00. The molecule has 2 atom stereocenters. The van der Waals surface area contributed by atoms with Crippen molar-refractivity contribution in [3.8, 4) is 6.07 Å². The smallest absolute Gasteiger partial charge is 0.248 e. The van der Waals surface area contributed by atoms with Crippen molar-refractivity contribution in [1.29, 1.82) is 5.26 Å². The molecule has 5 heteroatoms. The maximum atomic E-state index is 13.0. The number of fused-ring (bicyclic) bond motifs is 2. The van der Waals surface area contributed by atoms with E-state index in [4.69, 9.17) is 0 Å². The van der Waals surface area contributed by atoms with Gasteiger partial charge in [0.2, 0.25) is 5.91 Å². The molecule has 0 spiro atoms. The number of benzene rings is 1. The Hall–Kier alpha value is -2.58. The van der Waals surface area contributed by atoms with Crippen LogP contribution in [0.5, 0.6) is 0 Å². The lowest BCUT2D eigenvalue weighted by Gasteiger charge is -2.38. The Kier molecular flexibility index (Phi) is 3.66. The minimum absolute atomic E-state index is 0.106. The number of carbonyl (C=O) groups is 1. The third kappa shape index (κ3) is 2.21. The van der Waals surface area contributed by atoms with E-state index in [1.807, 2.05) is 26.0 Å². The van der Waals surface area contributed by atoms with Crippen molar-refractivity contribution in [2.75, 3.05) is 19.6 Å². The fraction of sp³-hybridized carbons (Fsp3) is 0.400.